The summed E-state index contributed by atoms with van der Waals surface area (Å²) in [5.74, 6) is 0.999. The first-order valence-corrected chi connectivity index (χ1v) is 8.48. The molecule has 3 rings (SSSR count). The van der Waals surface area contributed by atoms with Crippen LogP contribution in [0.15, 0.2) is 30.3 Å². The van der Waals surface area contributed by atoms with Crippen molar-refractivity contribution in [1.29, 1.82) is 0 Å². The van der Waals surface area contributed by atoms with Crippen LogP contribution in [-0.4, -0.2) is 33.9 Å². The minimum atomic E-state index is -0.0254. The summed E-state index contributed by atoms with van der Waals surface area (Å²) in [6.45, 7) is 8.30. The van der Waals surface area contributed by atoms with E-state index in [2.05, 4.69) is 47.3 Å². The van der Waals surface area contributed by atoms with Crippen LogP contribution in [0.4, 0.5) is 5.95 Å². The molecule has 0 spiro atoms. The van der Waals surface area contributed by atoms with Crippen LogP contribution in [0.2, 0.25) is 0 Å². The van der Waals surface area contributed by atoms with Crippen molar-refractivity contribution in [2.24, 2.45) is 5.92 Å². The number of fused-ring (bicyclic) bond motifs is 1. The van der Waals surface area contributed by atoms with E-state index in [0.29, 0.717) is 24.1 Å². The Balaban J connectivity index is 1.78. The van der Waals surface area contributed by atoms with Crippen LogP contribution in [0.5, 0.6) is 0 Å². The molecule has 1 amide bonds. The second-order valence-corrected chi connectivity index (χ2v) is 6.74. The number of aromatic nitrogens is 2. The summed E-state index contributed by atoms with van der Waals surface area (Å²) in [6.07, 6.45) is 0.893. The highest BCUT2D eigenvalue weighted by atomic mass is 16.2. The third-order valence-electron chi connectivity index (χ3n) is 4.16. The largest absolute Gasteiger partial charge is 0.354 e. The second-order valence-electron chi connectivity index (χ2n) is 6.74. The maximum Gasteiger partial charge on any atom is 0.272 e. The van der Waals surface area contributed by atoms with E-state index >= 15 is 0 Å². The van der Waals surface area contributed by atoms with Gasteiger partial charge in [-0.2, -0.15) is 0 Å². The normalized spacial score (nSPS) is 13.8. The number of hydrogen-bond acceptors (Lipinski definition) is 4. The Hall–Kier alpha value is -2.43. The van der Waals surface area contributed by atoms with Crippen LogP contribution < -0.4 is 5.32 Å². The third-order valence-corrected chi connectivity index (χ3v) is 4.16. The Morgan fingerprint density at radius 2 is 2.00 bits per heavy atom. The van der Waals surface area contributed by atoms with E-state index in [4.69, 9.17) is 0 Å². The molecular formula is C19H24N4O. The van der Waals surface area contributed by atoms with Crippen molar-refractivity contribution in [3.8, 4) is 0 Å². The van der Waals surface area contributed by atoms with Gasteiger partial charge in [0.25, 0.3) is 5.91 Å². The lowest BCUT2D eigenvalue weighted by molar-refractivity contribution is 0.0728. The molecule has 1 aromatic carbocycles. The number of carbonyl (C=O) groups is 1. The van der Waals surface area contributed by atoms with Gasteiger partial charge in [-0.05, 0) is 36.5 Å². The van der Waals surface area contributed by atoms with Crippen molar-refractivity contribution in [3.05, 3.63) is 52.8 Å². The van der Waals surface area contributed by atoms with Gasteiger partial charge in [0.05, 0.1) is 0 Å². The summed E-state index contributed by atoms with van der Waals surface area (Å²) >= 11 is 0. The number of amides is 1. The molecule has 2 aromatic rings. The zero-order valence-electron chi connectivity index (χ0n) is 14.5. The quantitative estimate of drug-likeness (QED) is 0.939. The van der Waals surface area contributed by atoms with E-state index in [0.717, 1.165) is 25.2 Å². The Labute approximate surface area is 143 Å². The molecule has 2 heterocycles. The summed E-state index contributed by atoms with van der Waals surface area (Å²) < 4.78 is 0. The summed E-state index contributed by atoms with van der Waals surface area (Å²) in [7, 11) is 0. The van der Waals surface area contributed by atoms with Gasteiger partial charge in [-0.25, -0.2) is 9.97 Å². The van der Waals surface area contributed by atoms with Gasteiger partial charge in [0, 0.05) is 25.3 Å². The average Bonchev–Trinajstić information content (AvgIpc) is 2.58. The zero-order valence-corrected chi connectivity index (χ0v) is 14.5. The summed E-state index contributed by atoms with van der Waals surface area (Å²) in [5, 5.41) is 3.21. The molecule has 0 unspecified atom stereocenters. The van der Waals surface area contributed by atoms with Crippen molar-refractivity contribution in [2.45, 2.75) is 33.7 Å². The molecule has 0 saturated carbocycles. The van der Waals surface area contributed by atoms with Crippen LogP contribution in [0.3, 0.4) is 0 Å². The number of aryl methyl sites for hydroxylation is 1. The number of rotatable bonds is 4. The van der Waals surface area contributed by atoms with E-state index < -0.39 is 0 Å². The highest BCUT2D eigenvalue weighted by Crippen LogP contribution is 2.20. The zero-order chi connectivity index (χ0) is 17.1. The van der Waals surface area contributed by atoms with Crippen molar-refractivity contribution >= 4 is 11.9 Å². The fourth-order valence-corrected chi connectivity index (χ4v) is 2.88. The molecule has 1 N–H and O–H groups in total. The molecule has 1 aliphatic heterocycles. The molecule has 0 radical (unpaired) electrons. The third kappa shape index (κ3) is 3.72. The predicted molar refractivity (Wildman–Crippen MR) is 95.0 cm³/mol. The van der Waals surface area contributed by atoms with Gasteiger partial charge in [0.15, 0.2) is 0 Å². The molecule has 5 nitrogen and oxygen atoms in total. The fourth-order valence-electron chi connectivity index (χ4n) is 2.88. The Kier molecular flexibility index (Phi) is 4.79. The Morgan fingerprint density at radius 3 is 2.75 bits per heavy atom. The van der Waals surface area contributed by atoms with Gasteiger partial charge in [0.2, 0.25) is 5.95 Å². The minimum Gasteiger partial charge on any atom is -0.354 e. The lowest BCUT2D eigenvalue weighted by Gasteiger charge is -2.28. The molecule has 1 aliphatic rings. The first-order chi connectivity index (χ1) is 11.5. The molecule has 0 saturated heterocycles. The van der Waals surface area contributed by atoms with Crippen LogP contribution >= 0.6 is 0 Å². The fraction of sp³-hybridized carbons (Fsp3) is 0.421. The molecule has 1 aromatic heterocycles. The average molecular weight is 324 g/mol. The number of hydrogen-bond donors (Lipinski definition) is 1. The van der Waals surface area contributed by atoms with Gasteiger partial charge >= 0.3 is 0 Å². The van der Waals surface area contributed by atoms with Crippen LogP contribution in [0.25, 0.3) is 0 Å². The van der Waals surface area contributed by atoms with Gasteiger partial charge in [0.1, 0.15) is 5.69 Å². The van der Waals surface area contributed by atoms with Gasteiger partial charge < -0.3 is 10.2 Å². The molecule has 24 heavy (non-hydrogen) atoms. The van der Waals surface area contributed by atoms with Crippen molar-refractivity contribution in [1.82, 2.24) is 14.9 Å². The molecule has 126 valence electrons. The number of nitrogens with zero attached hydrogens (tertiary/aromatic N) is 3. The predicted octanol–water partition coefficient (Wildman–Crippen LogP) is 3.05. The highest BCUT2D eigenvalue weighted by molar-refractivity contribution is 5.92. The van der Waals surface area contributed by atoms with Crippen molar-refractivity contribution < 1.29 is 4.79 Å². The topological polar surface area (TPSA) is 58.1 Å². The molecule has 5 heteroatoms. The number of nitrogens with one attached hydrogen (secondary N) is 1. The van der Waals surface area contributed by atoms with E-state index in [1.807, 2.05) is 17.9 Å². The van der Waals surface area contributed by atoms with Crippen LogP contribution in [0.1, 0.15) is 41.2 Å². The van der Waals surface area contributed by atoms with E-state index in [-0.39, 0.29) is 5.91 Å². The van der Waals surface area contributed by atoms with Crippen molar-refractivity contribution in [3.63, 3.8) is 0 Å². The molecule has 0 atom stereocenters. The minimum absolute atomic E-state index is 0.0254. The van der Waals surface area contributed by atoms with E-state index in [1.165, 1.54) is 11.1 Å². The second kappa shape index (κ2) is 6.99. The monoisotopic (exact) mass is 324 g/mol. The summed E-state index contributed by atoms with van der Waals surface area (Å²) in [4.78, 5) is 23.5. The van der Waals surface area contributed by atoms with Crippen molar-refractivity contribution in [2.75, 3.05) is 18.4 Å². The molecule has 0 bridgehead atoms. The smallest absolute Gasteiger partial charge is 0.272 e. The van der Waals surface area contributed by atoms with Crippen LogP contribution in [0, 0.1) is 12.8 Å². The Morgan fingerprint density at radius 1 is 1.25 bits per heavy atom. The maximum atomic E-state index is 12.9. The first kappa shape index (κ1) is 16.4. The summed E-state index contributed by atoms with van der Waals surface area (Å²) in [5.41, 5.74) is 3.82. The van der Waals surface area contributed by atoms with E-state index in [1.54, 1.807) is 6.07 Å². The number of carbonyl (C=O) groups excluding carboxylic acids is 1. The summed E-state index contributed by atoms with van der Waals surface area (Å²) in [6, 6.07) is 10.1. The first-order valence-electron chi connectivity index (χ1n) is 8.48. The standard InChI is InChI=1S/C19H24N4O/c1-13(2)11-20-19-21-14(3)10-17(22-19)18(24)23-9-8-15-6-4-5-7-16(15)12-23/h4-7,10,13H,8-9,11-12H2,1-3H3,(H,20,21,22). The SMILES string of the molecule is Cc1cc(C(=O)N2CCc3ccccc3C2)nc(NCC(C)C)n1. The Bertz CT molecular complexity index is 742. The number of benzene rings is 1. The van der Waals surface area contributed by atoms with E-state index in [9.17, 15) is 4.79 Å². The van der Waals surface area contributed by atoms with Gasteiger partial charge in [-0.1, -0.05) is 38.1 Å². The van der Waals surface area contributed by atoms with Gasteiger partial charge in [-0.3, -0.25) is 4.79 Å². The van der Waals surface area contributed by atoms with Gasteiger partial charge in [-0.15, -0.1) is 0 Å². The van der Waals surface area contributed by atoms with Crippen LogP contribution in [-0.2, 0) is 13.0 Å². The molecular weight excluding hydrogens is 300 g/mol. The molecule has 0 aliphatic carbocycles. The molecule has 0 fully saturated rings. The number of anilines is 1. The lowest BCUT2D eigenvalue weighted by atomic mass is 10.00. The highest BCUT2D eigenvalue weighted by Gasteiger charge is 2.23. The maximum absolute atomic E-state index is 12.9. The lowest BCUT2D eigenvalue weighted by Crippen LogP contribution is -2.36.